The molecule has 5 heteroatoms. The van der Waals surface area contributed by atoms with Gasteiger partial charge in [-0.1, -0.05) is 6.07 Å². The number of nitrogens with zero attached hydrogens (tertiary/aromatic N) is 2. The topological polar surface area (TPSA) is 66.6 Å². The van der Waals surface area contributed by atoms with Gasteiger partial charge in [-0.15, -0.1) is 0 Å². The first kappa shape index (κ1) is 12.8. The predicted molar refractivity (Wildman–Crippen MR) is 69.8 cm³/mol. The molecule has 5 nitrogen and oxygen atoms in total. The molecule has 98 valence electrons. The first-order valence-electron chi connectivity index (χ1n) is 6.20. The fourth-order valence-corrected chi connectivity index (χ4v) is 2.22. The van der Waals surface area contributed by atoms with Crippen molar-refractivity contribution in [2.24, 2.45) is 0 Å². The van der Waals surface area contributed by atoms with E-state index in [4.69, 9.17) is 0 Å². The Morgan fingerprint density at radius 1 is 1.50 bits per heavy atom. The molecule has 1 aliphatic carbocycles. The van der Waals surface area contributed by atoms with Gasteiger partial charge in [0.1, 0.15) is 5.69 Å². The van der Waals surface area contributed by atoms with Crippen molar-refractivity contribution >= 4 is 11.4 Å². The van der Waals surface area contributed by atoms with E-state index in [1.165, 1.54) is 12.5 Å². The molecule has 0 aliphatic heterocycles. The molecule has 2 rings (SSSR count). The normalized spacial score (nSPS) is 17.1. The van der Waals surface area contributed by atoms with Crippen molar-refractivity contribution in [2.75, 3.05) is 11.9 Å². The van der Waals surface area contributed by atoms with Crippen LogP contribution in [0, 0.1) is 10.1 Å². The van der Waals surface area contributed by atoms with E-state index in [9.17, 15) is 15.2 Å². The van der Waals surface area contributed by atoms with Crippen molar-refractivity contribution in [2.45, 2.75) is 38.3 Å². The second kappa shape index (κ2) is 4.94. The van der Waals surface area contributed by atoms with Gasteiger partial charge in [0.05, 0.1) is 11.0 Å². The lowest BCUT2D eigenvalue weighted by atomic mass is 9.91. The molecule has 0 unspecified atom stereocenters. The monoisotopic (exact) mass is 250 g/mol. The second-order valence-corrected chi connectivity index (χ2v) is 4.88. The van der Waals surface area contributed by atoms with Gasteiger partial charge >= 0.3 is 0 Å². The Hall–Kier alpha value is -1.62. The SMILES string of the molecule is C[C@H](O)c1ccc(N(C)C2CCC2)c([N+](=O)[O-])c1. The number of aliphatic hydroxyl groups excluding tert-OH is 1. The van der Waals surface area contributed by atoms with Crippen molar-refractivity contribution in [1.82, 2.24) is 0 Å². The average molecular weight is 250 g/mol. The van der Waals surface area contributed by atoms with Crippen LogP contribution in [0.3, 0.4) is 0 Å². The Labute approximate surface area is 106 Å². The third kappa shape index (κ3) is 2.31. The average Bonchev–Trinajstić information content (AvgIpc) is 2.25. The van der Waals surface area contributed by atoms with Gasteiger partial charge in [0.25, 0.3) is 5.69 Å². The van der Waals surface area contributed by atoms with Gasteiger partial charge in [-0.05, 0) is 37.8 Å². The molecule has 1 N–H and O–H groups in total. The van der Waals surface area contributed by atoms with Gasteiger partial charge in [0.15, 0.2) is 0 Å². The summed E-state index contributed by atoms with van der Waals surface area (Å²) < 4.78 is 0. The first-order chi connectivity index (χ1) is 8.50. The van der Waals surface area contributed by atoms with Crippen molar-refractivity contribution in [1.29, 1.82) is 0 Å². The minimum atomic E-state index is -0.688. The maximum Gasteiger partial charge on any atom is 0.292 e. The smallest absolute Gasteiger partial charge is 0.292 e. The van der Waals surface area contributed by atoms with E-state index in [2.05, 4.69) is 0 Å². The summed E-state index contributed by atoms with van der Waals surface area (Å²) in [6, 6.07) is 5.36. The van der Waals surface area contributed by atoms with Crippen LogP contribution < -0.4 is 4.90 Å². The molecule has 0 amide bonds. The summed E-state index contributed by atoms with van der Waals surface area (Å²) in [5.41, 5.74) is 1.28. The number of aliphatic hydroxyl groups is 1. The highest BCUT2D eigenvalue weighted by Crippen LogP contribution is 2.35. The molecule has 0 bridgehead atoms. The summed E-state index contributed by atoms with van der Waals surface area (Å²) in [6.45, 7) is 1.61. The molecule has 1 aromatic carbocycles. The lowest BCUT2D eigenvalue weighted by Crippen LogP contribution is -2.37. The number of nitro benzene ring substituents is 1. The van der Waals surface area contributed by atoms with E-state index in [0.29, 0.717) is 17.3 Å². The summed E-state index contributed by atoms with van der Waals surface area (Å²) in [5, 5.41) is 20.6. The first-order valence-corrected chi connectivity index (χ1v) is 6.20. The Kier molecular flexibility index (Phi) is 3.52. The highest BCUT2D eigenvalue weighted by Gasteiger charge is 2.27. The van der Waals surface area contributed by atoms with Crippen LogP contribution in [0.25, 0.3) is 0 Å². The molecule has 0 aromatic heterocycles. The highest BCUT2D eigenvalue weighted by atomic mass is 16.6. The number of nitro groups is 1. The fraction of sp³-hybridized carbons (Fsp3) is 0.538. The summed E-state index contributed by atoms with van der Waals surface area (Å²) >= 11 is 0. The van der Waals surface area contributed by atoms with Crippen LogP contribution in [-0.2, 0) is 0 Å². The lowest BCUT2D eigenvalue weighted by Gasteiger charge is -2.36. The Bertz CT molecular complexity index is 456. The van der Waals surface area contributed by atoms with Crippen molar-refractivity contribution in [3.05, 3.63) is 33.9 Å². The molecule has 0 heterocycles. The molecular formula is C13H18N2O3. The predicted octanol–water partition coefficient (Wildman–Crippen LogP) is 2.64. The Balaban J connectivity index is 2.36. The molecule has 1 atom stereocenters. The fourth-order valence-electron chi connectivity index (χ4n) is 2.22. The van der Waals surface area contributed by atoms with Gasteiger partial charge in [-0.2, -0.15) is 0 Å². The Morgan fingerprint density at radius 3 is 2.61 bits per heavy atom. The van der Waals surface area contributed by atoms with E-state index in [1.807, 2.05) is 11.9 Å². The van der Waals surface area contributed by atoms with Gasteiger partial charge in [-0.25, -0.2) is 0 Å². The zero-order valence-electron chi connectivity index (χ0n) is 10.7. The third-order valence-corrected chi connectivity index (χ3v) is 3.68. The molecule has 1 saturated carbocycles. The maximum absolute atomic E-state index is 11.1. The number of anilines is 1. The van der Waals surface area contributed by atoms with Gasteiger partial charge in [0, 0.05) is 19.2 Å². The van der Waals surface area contributed by atoms with E-state index in [-0.39, 0.29) is 10.6 Å². The van der Waals surface area contributed by atoms with E-state index in [1.54, 1.807) is 19.1 Å². The molecular weight excluding hydrogens is 232 g/mol. The Morgan fingerprint density at radius 2 is 2.17 bits per heavy atom. The quantitative estimate of drug-likeness (QED) is 0.659. The molecule has 1 aromatic rings. The molecule has 1 aliphatic rings. The summed E-state index contributed by atoms with van der Waals surface area (Å²) in [5.74, 6) is 0. The number of hydrogen-bond donors (Lipinski definition) is 1. The minimum absolute atomic E-state index is 0.0720. The van der Waals surface area contributed by atoms with Crippen molar-refractivity contribution in [3.63, 3.8) is 0 Å². The zero-order chi connectivity index (χ0) is 13.3. The zero-order valence-corrected chi connectivity index (χ0v) is 10.7. The molecule has 0 radical (unpaired) electrons. The highest BCUT2D eigenvalue weighted by molar-refractivity contribution is 5.64. The van der Waals surface area contributed by atoms with Gasteiger partial charge in [0.2, 0.25) is 0 Å². The van der Waals surface area contributed by atoms with Crippen LogP contribution in [0.5, 0.6) is 0 Å². The van der Waals surface area contributed by atoms with Crippen molar-refractivity contribution in [3.8, 4) is 0 Å². The summed E-state index contributed by atoms with van der Waals surface area (Å²) in [6.07, 6.45) is 2.68. The standard InChI is InChI=1S/C13H18N2O3/c1-9(16)10-6-7-12(13(8-10)15(17)18)14(2)11-4-3-5-11/h6-9,11,16H,3-5H2,1-2H3/t9-/m0/s1. The van der Waals surface area contributed by atoms with Crippen molar-refractivity contribution < 1.29 is 10.0 Å². The second-order valence-electron chi connectivity index (χ2n) is 4.88. The summed E-state index contributed by atoms with van der Waals surface area (Å²) in [7, 11) is 1.90. The van der Waals surface area contributed by atoms with Crippen LogP contribution in [0.4, 0.5) is 11.4 Å². The largest absolute Gasteiger partial charge is 0.389 e. The molecule has 1 fully saturated rings. The number of benzene rings is 1. The van der Waals surface area contributed by atoms with E-state index >= 15 is 0 Å². The van der Waals surface area contributed by atoms with Crippen LogP contribution in [-0.4, -0.2) is 23.1 Å². The lowest BCUT2D eigenvalue weighted by molar-refractivity contribution is -0.384. The van der Waals surface area contributed by atoms with E-state index in [0.717, 1.165) is 12.8 Å². The van der Waals surface area contributed by atoms with Gasteiger partial charge < -0.3 is 10.0 Å². The van der Waals surface area contributed by atoms with E-state index < -0.39 is 6.10 Å². The number of hydrogen-bond acceptors (Lipinski definition) is 4. The minimum Gasteiger partial charge on any atom is -0.389 e. The van der Waals surface area contributed by atoms with Crippen LogP contribution in [0.2, 0.25) is 0 Å². The third-order valence-electron chi connectivity index (χ3n) is 3.68. The van der Waals surface area contributed by atoms with Crippen LogP contribution in [0.15, 0.2) is 18.2 Å². The maximum atomic E-state index is 11.1. The van der Waals surface area contributed by atoms with Crippen LogP contribution in [0.1, 0.15) is 37.9 Å². The van der Waals surface area contributed by atoms with Crippen LogP contribution >= 0.6 is 0 Å². The molecule has 18 heavy (non-hydrogen) atoms. The molecule has 0 spiro atoms. The number of rotatable bonds is 4. The molecule has 0 saturated heterocycles. The van der Waals surface area contributed by atoms with Gasteiger partial charge in [-0.3, -0.25) is 10.1 Å². The summed E-state index contributed by atoms with van der Waals surface area (Å²) in [4.78, 5) is 12.7.